The number of hydrogen-bond acceptors (Lipinski definition) is 2. The van der Waals surface area contributed by atoms with Crippen LogP contribution in [0.4, 0.5) is 0 Å². The summed E-state index contributed by atoms with van der Waals surface area (Å²) in [6.07, 6.45) is 11.1. The number of allylic oxidation sites excluding steroid dienone is 1. The van der Waals surface area contributed by atoms with Crippen molar-refractivity contribution in [1.29, 1.82) is 0 Å². The van der Waals surface area contributed by atoms with E-state index in [1.807, 2.05) is 0 Å². The topological polar surface area (TPSA) is 26.3 Å². The van der Waals surface area contributed by atoms with Crippen LogP contribution >= 0.6 is 0 Å². The average Bonchev–Trinajstić information content (AvgIpc) is 2.46. The van der Waals surface area contributed by atoms with Gasteiger partial charge in [-0.05, 0) is 72.5 Å². The normalized spacial score (nSPS) is 48.4. The third kappa shape index (κ3) is 2.02. The summed E-state index contributed by atoms with van der Waals surface area (Å²) in [5.41, 5.74) is 2.22. The van der Waals surface area contributed by atoms with E-state index in [-0.39, 0.29) is 5.97 Å². The monoisotopic (exact) mass is 316 g/mol. The third-order valence-corrected chi connectivity index (χ3v) is 8.46. The molecule has 0 bridgehead atoms. The Morgan fingerprint density at radius 1 is 1.00 bits per heavy atom. The van der Waals surface area contributed by atoms with Crippen molar-refractivity contribution in [1.82, 2.24) is 0 Å². The van der Waals surface area contributed by atoms with Crippen molar-refractivity contribution in [2.45, 2.75) is 72.6 Å². The van der Waals surface area contributed by atoms with Gasteiger partial charge < -0.3 is 4.74 Å². The van der Waals surface area contributed by atoms with Crippen molar-refractivity contribution in [2.75, 3.05) is 6.61 Å². The number of cyclic esters (lactones) is 1. The van der Waals surface area contributed by atoms with Crippen LogP contribution in [0.15, 0.2) is 11.6 Å². The molecular formula is C21H32O2. The summed E-state index contributed by atoms with van der Waals surface area (Å²) in [6, 6.07) is 0. The highest BCUT2D eigenvalue weighted by atomic mass is 16.5. The van der Waals surface area contributed by atoms with Crippen LogP contribution in [-0.2, 0) is 9.53 Å². The maximum atomic E-state index is 12.2. The fourth-order valence-electron chi connectivity index (χ4n) is 7.45. The molecule has 0 N–H and O–H groups in total. The first kappa shape index (κ1) is 15.7. The number of rotatable bonds is 0. The Labute approximate surface area is 141 Å². The van der Waals surface area contributed by atoms with Gasteiger partial charge in [-0.1, -0.05) is 40.2 Å². The zero-order valence-corrected chi connectivity index (χ0v) is 15.3. The van der Waals surface area contributed by atoms with Gasteiger partial charge in [0.15, 0.2) is 0 Å². The molecule has 0 aromatic heterocycles. The largest absolute Gasteiger partial charge is 0.462 e. The molecule has 23 heavy (non-hydrogen) atoms. The predicted octanol–water partition coefficient (Wildman–Crippen LogP) is 5.13. The van der Waals surface area contributed by atoms with Crippen LogP contribution in [0.5, 0.6) is 0 Å². The summed E-state index contributed by atoms with van der Waals surface area (Å²) in [6.45, 7) is 10.7. The van der Waals surface area contributed by atoms with E-state index in [1.54, 1.807) is 0 Å². The Balaban J connectivity index is 1.76. The fourth-order valence-corrected chi connectivity index (χ4v) is 7.45. The van der Waals surface area contributed by atoms with Crippen molar-refractivity contribution in [3.63, 3.8) is 0 Å². The maximum absolute atomic E-state index is 12.2. The molecule has 1 saturated heterocycles. The number of ether oxygens (including phenoxy) is 1. The molecule has 0 aromatic carbocycles. The lowest BCUT2D eigenvalue weighted by molar-refractivity contribution is -0.163. The van der Waals surface area contributed by atoms with E-state index >= 15 is 0 Å². The van der Waals surface area contributed by atoms with E-state index in [9.17, 15) is 4.79 Å². The number of esters is 1. The Kier molecular flexibility index (Phi) is 3.32. The summed E-state index contributed by atoms with van der Waals surface area (Å²) >= 11 is 0. The van der Waals surface area contributed by atoms with Gasteiger partial charge in [0.2, 0.25) is 0 Å². The first-order chi connectivity index (χ1) is 10.8. The van der Waals surface area contributed by atoms with Gasteiger partial charge in [0.25, 0.3) is 0 Å². The van der Waals surface area contributed by atoms with Crippen molar-refractivity contribution < 1.29 is 9.53 Å². The van der Waals surface area contributed by atoms with Crippen LogP contribution in [-0.4, -0.2) is 12.6 Å². The smallest absolute Gasteiger partial charge is 0.333 e. The Morgan fingerprint density at radius 3 is 2.57 bits per heavy atom. The summed E-state index contributed by atoms with van der Waals surface area (Å²) in [4.78, 5) is 12.2. The maximum Gasteiger partial charge on any atom is 0.333 e. The van der Waals surface area contributed by atoms with Crippen LogP contribution in [0.3, 0.4) is 0 Å². The highest BCUT2D eigenvalue weighted by Crippen LogP contribution is 2.68. The highest BCUT2D eigenvalue weighted by Gasteiger charge is 2.61. The lowest BCUT2D eigenvalue weighted by Crippen LogP contribution is -2.58. The van der Waals surface area contributed by atoms with Crippen molar-refractivity contribution in [2.24, 2.45) is 34.0 Å². The first-order valence-corrected chi connectivity index (χ1v) is 9.66. The quantitative estimate of drug-likeness (QED) is 0.579. The van der Waals surface area contributed by atoms with Gasteiger partial charge in [-0.25, -0.2) is 4.79 Å². The minimum absolute atomic E-state index is 0.0304. The van der Waals surface area contributed by atoms with E-state index < -0.39 is 0 Å². The fraction of sp³-hybridized carbons (Fsp3) is 0.857. The molecule has 3 fully saturated rings. The summed E-state index contributed by atoms with van der Waals surface area (Å²) in [5.74, 6) is 1.97. The Hall–Kier alpha value is -0.790. The van der Waals surface area contributed by atoms with Gasteiger partial charge in [0.1, 0.15) is 0 Å². The minimum atomic E-state index is -0.0304. The summed E-state index contributed by atoms with van der Waals surface area (Å²) in [5, 5.41) is 0. The van der Waals surface area contributed by atoms with Gasteiger partial charge in [-0.3, -0.25) is 0 Å². The lowest BCUT2D eigenvalue weighted by Gasteiger charge is -2.65. The molecule has 0 radical (unpaired) electrons. The molecule has 1 aliphatic heterocycles. The number of fused-ring (bicyclic) bond motifs is 5. The predicted molar refractivity (Wildman–Crippen MR) is 91.8 cm³/mol. The molecule has 0 aromatic rings. The van der Waals surface area contributed by atoms with E-state index in [2.05, 4.69) is 33.8 Å². The zero-order valence-electron chi connectivity index (χ0n) is 15.3. The van der Waals surface area contributed by atoms with Gasteiger partial charge in [-0.15, -0.1) is 0 Å². The van der Waals surface area contributed by atoms with Gasteiger partial charge in [0.05, 0.1) is 6.61 Å². The van der Waals surface area contributed by atoms with Gasteiger partial charge in [-0.2, -0.15) is 0 Å². The summed E-state index contributed by atoms with van der Waals surface area (Å²) in [7, 11) is 0. The molecule has 128 valence electrons. The number of hydrogen-bond donors (Lipinski definition) is 0. The van der Waals surface area contributed by atoms with Crippen molar-refractivity contribution in [3.05, 3.63) is 11.6 Å². The molecule has 0 unspecified atom stereocenters. The molecule has 3 aliphatic carbocycles. The number of carbonyl (C=O) groups is 1. The second kappa shape index (κ2) is 4.86. The lowest BCUT2D eigenvalue weighted by atomic mass is 9.39. The molecule has 5 atom stereocenters. The van der Waals surface area contributed by atoms with Gasteiger partial charge in [0, 0.05) is 5.57 Å². The van der Waals surface area contributed by atoms with E-state index in [0.29, 0.717) is 28.8 Å². The van der Waals surface area contributed by atoms with Crippen LogP contribution < -0.4 is 0 Å². The van der Waals surface area contributed by atoms with E-state index in [1.165, 1.54) is 32.1 Å². The average molecular weight is 316 g/mol. The van der Waals surface area contributed by atoms with Gasteiger partial charge >= 0.3 is 5.97 Å². The molecule has 0 amide bonds. The SMILES string of the molecule is CC1(C)CCC[C@]2(C)[C@H]3CC=C4C(=O)OCC[C@H]4[C@]3(C)CC[C@@H]12. The molecule has 2 heteroatoms. The highest BCUT2D eigenvalue weighted by molar-refractivity contribution is 5.90. The minimum Gasteiger partial charge on any atom is -0.462 e. The first-order valence-electron chi connectivity index (χ1n) is 9.66. The molecule has 4 rings (SSSR count). The van der Waals surface area contributed by atoms with Crippen molar-refractivity contribution >= 4 is 5.97 Å². The zero-order chi connectivity index (χ0) is 16.5. The summed E-state index contributed by atoms with van der Waals surface area (Å²) < 4.78 is 5.33. The Morgan fingerprint density at radius 2 is 1.78 bits per heavy atom. The molecule has 2 saturated carbocycles. The second-order valence-corrected chi connectivity index (χ2v) is 9.87. The van der Waals surface area contributed by atoms with Crippen LogP contribution in [0, 0.1) is 34.0 Å². The molecular weight excluding hydrogens is 284 g/mol. The molecule has 0 spiro atoms. The Bertz CT molecular complexity index is 560. The third-order valence-electron chi connectivity index (χ3n) is 8.46. The van der Waals surface area contributed by atoms with Crippen LogP contribution in [0.1, 0.15) is 72.6 Å². The molecule has 2 nitrogen and oxygen atoms in total. The van der Waals surface area contributed by atoms with Crippen LogP contribution in [0.2, 0.25) is 0 Å². The molecule has 1 heterocycles. The molecule has 4 aliphatic rings. The van der Waals surface area contributed by atoms with E-state index in [0.717, 1.165) is 30.3 Å². The number of carbonyl (C=O) groups excluding carboxylic acids is 1. The second-order valence-electron chi connectivity index (χ2n) is 9.87. The standard InChI is InChI=1S/C21H32O2/c1-19(2)10-5-11-21(4)16(19)8-12-20(3)15-9-13-23-18(22)14(15)6-7-17(20)21/h6,15-17H,5,7-13H2,1-4H3/t15-,16+,17+,20+,21+/m1/s1. The van der Waals surface area contributed by atoms with E-state index in [4.69, 9.17) is 4.74 Å². The van der Waals surface area contributed by atoms with Crippen molar-refractivity contribution in [3.8, 4) is 0 Å². The van der Waals surface area contributed by atoms with Crippen LogP contribution in [0.25, 0.3) is 0 Å².